The van der Waals surface area contributed by atoms with Crippen molar-refractivity contribution in [2.45, 2.75) is 11.7 Å². The molecule has 3 nitrogen and oxygen atoms in total. The Kier molecular flexibility index (Phi) is 4.57. The number of nitrogens with zero attached hydrogens (tertiary/aromatic N) is 2. The monoisotopic (exact) mass is 395 g/mol. The van der Waals surface area contributed by atoms with Crippen molar-refractivity contribution in [3.63, 3.8) is 0 Å². The van der Waals surface area contributed by atoms with Crippen molar-refractivity contribution in [1.29, 1.82) is 0 Å². The molecule has 2 N–H and O–H groups in total. The summed E-state index contributed by atoms with van der Waals surface area (Å²) >= 11 is 0. The molecule has 1 unspecified atom stereocenters. The van der Waals surface area contributed by atoms with E-state index in [-0.39, 0.29) is 0 Å². The summed E-state index contributed by atoms with van der Waals surface area (Å²) in [6.07, 6.45) is -4.38. The zero-order valence-corrected chi connectivity index (χ0v) is 15.8. The molecule has 0 bridgehead atoms. The summed E-state index contributed by atoms with van der Waals surface area (Å²) in [5.41, 5.74) is 7.79. The lowest BCUT2D eigenvalue weighted by molar-refractivity contribution is -0.137. The molecule has 0 spiro atoms. The Morgan fingerprint density at radius 3 is 2.10 bits per heavy atom. The van der Waals surface area contributed by atoms with Crippen LogP contribution in [0.5, 0.6) is 0 Å². The van der Waals surface area contributed by atoms with Crippen LogP contribution in [-0.4, -0.2) is 24.5 Å². The highest BCUT2D eigenvalue weighted by Gasteiger charge is 2.40. The summed E-state index contributed by atoms with van der Waals surface area (Å²) in [6, 6.07) is 22.7. The van der Waals surface area contributed by atoms with Gasteiger partial charge in [0.1, 0.15) is 5.54 Å². The van der Waals surface area contributed by atoms with Gasteiger partial charge < -0.3 is 10.6 Å². The summed E-state index contributed by atoms with van der Waals surface area (Å²) in [6.45, 7) is 0.550. The number of nitrogens with two attached hydrogens (primary N) is 1. The average Bonchev–Trinajstić information content (AvgIpc) is 3.04. The molecule has 29 heavy (non-hydrogen) atoms. The lowest BCUT2D eigenvalue weighted by Gasteiger charge is -2.28. The van der Waals surface area contributed by atoms with Crippen molar-refractivity contribution in [3.8, 4) is 11.1 Å². The minimum absolute atomic E-state index is 0.429. The maximum Gasteiger partial charge on any atom is 0.416 e. The number of aliphatic imine (C=N–C) groups is 1. The Bertz CT molecular complexity index is 1060. The van der Waals surface area contributed by atoms with Gasteiger partial charge in [-0.25, -0.2) is 4.99 Å². The van der Waals surface area contributed by atoms with Crippen LogP contribution in [0.15, 0.2) is 83.9 Å². The maximum atomic E-state index is 13.1. The number of benzene rings is 3. The zero-order chi connectivity index (χ0) is 20.6. The van der Waals surface area contributed by atoms with Gasteiger partial charge in [0.15, 0.2) is 5.96 Å². The Morgan fingerprint density at radius 1 is 0.862 bits per heavy atom. The number of guanidine groups is 1. The van der Waals surface area contributed by atoms with Crippen LogP contribution in [0, 0.1) is 0 Å². The van der Waals surface area contributed by atoms with Crippen molar-refractivity contribution >= 4 is 5.96 Å². The number of hydrogen-bond acceptors (Lipinski definition) is 3. The van der Waals surface area contributed by atoms with E-state index in [9.17, 15) is 13.2 Å². The van der Waals surface area contributed by atoms with E-state index in [1.54, 1.807) is 6.07 Å². The fourth-order valence-corrected chi connectivity index (χ4v) is 3.76. The van der Waals surface area contributed by atoms with E-state index in [2.05, 4.69) is 0 Å². The summed E-state index contributed by atoms with van der Waals surface area (Å²) in [7, 11) is 1.88. The molecule has 1 aliphatic heterocycles. The highest BCUT2D eigenvalue weighted by atomic mass is 19.4. The van der Waals surface area contributed by atoms with Crippen LogP contribution in [0.2, 0.25) is 0 Å². The van der Waals surface area contributed by atoms with E-state index in [1.165, 1.54) is 12.1 Å². The summed E-state index contributed by atoms with van der Waals surface area (Å²) in [4.78, 5) is 6.65. The van der Waals surface area contributed by atoms with Gasteiger partial charge in [-0.15, -0.1) is 0 Å². The maximum absolute atomic E-state index is 13.1. The Balaban J connectivity index is 1.84. The van der Waals surface area contributed by atoms with Gasteiger partial charge in [-0.05, 0) is 40.5 Å². The fourth-order valence-electron chi connectivity index (χ4n) is 3.76. The molecule has 0 radical (unpaired) electrons. The third-order valence-corrected chi connectivity index (χ3v) is 5.28. The van der Waals surface area contributed by atoms with E-state index >= 15 is 0 Å². The molecule has 1 heterocycles. The van der Waals surface area contributed by atoms with Crippen molar-refractivity contribution in [3.05, 3.63) is 95.6 Å². The third kappa shape index (κ3) is 3.46. The highest BCUT2D eigenvalue weighted by Crippen LogP contribution is 2.40. The molecule has 148 valence electrons. The number of alkyl halides is 3. The number of hydrogen-bond donors (Lipinski definition) is 1. The van der Waals surface area contributed by atoms with Crippen LogP contribution >= 0.6 is 0 Å². The lowest BCUT2D eigenvalue weighted by Crippen LogP contribution is -2.34. The van der Waals surface area contributed by atoms with Crippen LogP contribution in [0.4, 0.5) is 13.2 Å². The first kappa shape index (κ1) is 19.1. The predicted molar refractivity (Wildman–Crippen MR) is 108 cm³/mol. The molecule has 0 aromatic heterocycles. The van der Waals surface area contributed by atoms with Crippen molar-refractivity contribution in [2.24, 2.45) is 10.7 Å². The van der Waals surface area contributed by atoms with Gasteiger partial charge in [0.05, 0.1) is 12.1 Å². The molecule has 1 atom stereocenters. The smallest absolute Gasteiger partial charge is 0.370 e. The van der Waals surface area contributed by atoms with Crippen molar-refractivity contribution in [1.82, 2.24) is 4.90 Å². The molecule has 0 saturated heterocycles. The summed E-state index contributed by atoms with van der Waals surface area (Å²) in [5.74, 6) is 0.429. The van der Waals surface area contributed by atoms with Gasteiger partial charge in [0.25, 0.3) is 0 Å². The largest absolute Gasteiger partial charge is 0.416 e. The van der Waals surface area contributed by atoms with Crippen molar-refractivity contribution in [2.75, 3.05) is 13.6 Å². The van der Waals surface area contributed by atoms with E-state index in [0.29, 0.717) is 23.6 Å². The number of likely N-dealkylation sites (N-methyl/N-ethyl adjacent to an activating group) is 1. The molecule has 3 aromatic carbocycles. The van der Waals surface area contributed by atoms with E-state index in [4.69, 9.17) is 10.7 Å². The minimum Gasteiger partial charge on any atom is -0.370 e. The van der Waals surface area contributed by atoms with Crippen LogP contribution in [0.1, 0.15) is 16.7 Å². The van der Waals surface area contributed by atoms with E-state index in [0.717, 1.165) is 17.2 Å². The molecule has 1 aliphatic rings. The second-order valence-electron chi connectivity index (χ2n) is 7.21. The lowest BCUT2D eigenvalue weighted by atomic mass is 9.82. The van der Waals surface area contributed by atoms with Gasteiger partial charge in [0.2, 0.25) is 0 Å². The molecule has 4 rings (SSSR count). The quantitative estimate of drug-likeness (QED) is 0.687. The summed E-state index contributed by atoms with van der Waals surface area (Å²) < 4.78 is 39.4. The van der Waals surface area contributed by atoms with Gasteiger partial charge >= 0.3 is 6.18 Å². The Morgan fingerprint density at radius 2 is 1.48 bits per heavy atom. The number of halogens is 3. The number of rotatable bonds is 3. The molecule has 3 aromatic rings. The highest BCUT2D eigenvalue weighted by molar-refractivity contribution is 5.82. The van der Waals surface area contributed by atoms with Gasteiger partial charge in [-0.2, -0.15) is 13.2 Å². The minimum atomic E-state index is -4.38. The molecular weight excluding hydrogens is 375 g/mol. The topological polar surface area (TPSA) is 41.6 Å². The first-order valence-electron chi connectivity index (χ1n) is 9.20. The van der Waals surface area contributed by atoms with Crippen LogP contribution in [-0.2, 0) is 11.7 Å². The molecule has 0 saturated carbocycles. The van der Waals surface area contributed by atoms with Gasteiger partial charge in [-0.3, -0.25) is 0 Å². The molecular formula is C23H20F3N3. The second kappa shape index (κ2) is 6.95. The Labute approximate surface area is 167 Å². The first-order valence-corrected chi connectivity index (χ1v) is 9.20. The molecule has 0 fully saturated rings. The van der Waals surface area contributed by atoms with E-state index < -0.39 is 17.3 Å². The normalized spacial score (nSPS) is 19.3. The summed E-state index contributed by atoms with van der Waals surface area (Å²) in [5, 5.41) is 0. The average molecular weight is 395 g/mol. The fraction of sp³-hybridized carbons (Fsp3) is 0.174. The third-order valence-electron chi connectivity index (χ3n) is 5.28. The standard InChI is InChI=1S/C23H20F3N3/c1-29-15-22(28-21(29)27,18-9-3-2-4-10-18)19-11-5-7-16(13-19)17-8-6-12-20(14-17)23(24,25)26/h2-14H,15H2,1H3,(H2,27,28). The van der Waals surface area contributed by atoms with Crippen LogP contribution < -0.4 is 5.73 Å². The van der Waals surface area contributed by atoms with Gasteiger partial charge in [-0.1, -0.05) is 60.7 Å². The first-order chi connectivity index (χ1) is 13.8. The second-order valence-corrected chi connectivity index (χ2v) is 7.21. The molecule has 0 aliphatic carbocycles. The van der Waals surface area contributed by atoms with Crippen LogP contribution in [0.25, 0.3) is 11.1 Å². The van der Waals surface area contributed by atoms with E-state index in [1.807, 2.05) is 66.5 Å². The van der Waals surface area contributed by atoms with Crippen molar-refractivity contribution < 1.29 is 13.2 Å². The van der Waals surface area contributed by atoms with Gasteiger partial charge in [0, 0.05) is 7.05 Å². The SMILES string of the molecule is CN1CC(c2ccccc2)(c2cccc(-c3cccc(C(F)(F)F)c3)c2)N=C1N. The predicted octanol–water partition coefficient (Wildman–Crippen LogP) is 4.88. The molecule has 0 amide bonds. The zero-order valence-electron chi connectivity index (χ0n) is 15.8. The Hall–Kier alpha value is -3.28. The molecule has 6 heteroatoms. The van der Waals surface area contributed by atoms with Crippen LogP contribution in [0.3, 0.4) is 0 Å².